The Morgan fingerprint density at radius 3 is 3.00 bits per heavy atom. The third kappa shape index (κ3) is 1.41. The molecule has 1 heterocycles. The van der Waals surface area contributed by atoms with Crippen LogP contribution in [0.5, 0.6) is 0 Å². The first-order chi connectivity index (χ1) is 3.39. The number of halogens is 1. The van der Waals surface area contributed by atoms with Crippen molar-refractivity contribution in [2.45, 2.75) is 0 Å². The molecule has 0 aromatic heterocycles. The molecule has 1 rings (SSSR count). The summed E-state index contributed by atoms with van der Waals surface area (Å²) in [4.78, 5) is 3.95. The highest BCUT2D eigenvalue weighted by atomic mass is 79.9. The van der Waals surface area contributed by atoms with E-state index in [-0.39, 0.29) is 0 Å². The van der Waals surface area contributed by atoms with Gasteiger partial charge in [-0.25, -0.2) is 4.99 Å². The number of hydrogen-bond acceptors (Lipinski definition) is 1. The maximum Gasteiger partial charge on any atom is 0.158 e. The molecular formula is C4H6BrN2+. The quantitative estimate of drug-likeness (QED) is 0.479. The Kier molecular flexibility index (Phi) is 1.59. The SMILES string of the molecule is BrC1=C[NH2+]CC=N1. The van der Waals surface area contributed by atoms with E-state index in [2.05, 4.69) is 26.2 Å². The Bertz CT molecular complexity index is 117. The molecule has 0 spiro atoms. The van der Waals surface area contributed by atoms with Crippen LogP contribution in [0.25, 0.3) is 0 Å². The first-order valence-corrected chi connectivity index (χ1v) is 2.90. The lowest BCUT2D eigenvalue weighted by Crippen LogP contribution is -2.79. The summed E-state index contributed by atoms with van der Waals surface area (Å²) in [6.45, 7) is 0.967. The highest BCUT2D eigenvalue weighted by Gasteiger charge is 1.92. The predicted octanol–water partition coefficient (Wildman–Crippen LogP) is -0.172. The topological polar surface area (TPSA) is 29.0 Å². The van der Waals surface area contributed by atoms with E-state index in [4.69, 9.17) is 0 Å². The molecule has 1 aliphatic heterocycles. The average Bonchev–Trinajstić information content (AvgIpc) is 1.69. The lowest BCUT2D eigenvalue weighted by atomic mass is 10.6. The Morgan fingerprint density at radius 1 is 1.86 bits per heavy atom. The third-order valence-electron chi connectivity index (χ3n) is 0.711. The van der Waals surface area contributed by atoms with E-state index in [9.17, 15) is 0 Å². The zero-order chi connectivity index (χ0) is 5.11. The van der Waals surface area contributed by atoms with Gasteiger partial charge in [-0.1, -0.05) is 0 Å². The standard InChI is InChI=1S/C4H5BrN2/c5-4-3-6-1-2-7-4/h2-3,6H,1H2/p+1. The average molecular weight is 162 g/mol. The molecule has 1 aliphatic rings. The molecule has 0 saturated carbocycles. The summed E-state index contributed by atoms with van der Waals surface area (Å²) in [5.74, 6) is 0. The fraction of sp³-hybridized carbons (Fsp3) is 0.250. The van der Waals surface area contributed by atoms with Gasteiger partial charge >= 0.3 is 0 Å². The number of quaternary nitrogens is 1. The fourth-order valence-electron chi connectivity index (χ4n) is 0.409. The van der Waals surface area contributed by atoms with Crippen molar-refractivity contribution < 1.29 is 5.32 Å². The van der Waals surface area contributed by atoms with Crippen molar-refractivity contribution in [3.05, 3.63) is 10.8 Å². The Morgan fingerprint density at radius 2 is 2.71 bits per heavy atom. The van der Waals surface area contributed by atoms with E-state index in [0.717, 1.165) is 11.2 Å². The monoisotopic (exact) mass is 161 g/mol. The van der Waals surface area contributed by atoms with Gasteiger partial charge in [-0.15, -0.1) is 0 Å². The largest absolute Gasteiger partial charge is 0.313 e. The minimum atomic E-state index is 0.916. The second-order valence-electron chi connectivity index (χ2n) is 1.27. The van der Waals surface area contributed by atoms with Gasteiger partial charge in [-0.2, -0.15) is 0 Å². The van der Waals surface area contributed by atoms with Gasteiger partial charge in [0, 0.05) is 0 Å². The lowest BCUT2D eigenvalue weighted by Gasteiger charge is -1.93. The molecule has 7 heavy (non-hydrogen) atoms. The van der Waals surface area contributed by atoms with Crippen LogP contribution in [0.2, 0.25) is 0 Å². The van der Waals surface area contributed by atoms with Crippen molar-refractivity contribution in [1.82, 2.24) is 0 Å². The van der Waals surface area contributed by atoms with Crippen molar-refractivity contribution in [2.24, 2.45) is 4.99 Å². The summed E-state index contributed by atoms with van der Waals surface area (Å²) in [5.41, 5.74) is 0. The van der Waals surface area contributed by atoms with Crippen molar-refractivity contribution in [1.29, 1.82) is 0 Å². The van der Waals surface area contributed by atoms with Crippen LogP contribution in [0, 0.1) is 0 Å². The molecule has 0 fully saturated rings. The summed E-state index contributed by atoms with van der Waals surface area (Å²) in [7, 11) is 0. The normalized spacial score (nSPS) is 19.3. The lowest BCUT2D eigenvalue weighted by molar-refractivity contribution is -0.573. The number of hydrogen-bond donors (Lipinski definition) is 1. The molecule has 2 N–H and O–H groups in total. The summed E-state index contributed by atoms with van der Waals surface area (Å²) in [5, 5.41) is 2.05. The van der Waals surface area contributed by atoms with Crippen LogP contribution in [-0.4, -0.2) is 12.8 Å². The maximum atomic E-state index is 3.95. The van der Waals surface area contributed by atoms with Gasteiger partial charge in [-0.3, -0.25) is 0 Å². The molecule has 0 aromatic carbocycles. The third-order valence-corrected chi connectivity index (χ3v) is 1.18. The Hall–Kier alpha value is -0.150. The second-order valence-corrected chi connectivity index (χ2v) is 2.08. The van der Waals surface area contributed by atoms with Crippen LogP contribution in [0.1, 0.15) is 0 Å². The van der Waals surface area contributed by atoms with Gasteiger partial charge in [-0.05, 0) is 15.9 Å². The predicted molar refractivity (Wildman–Crippen MR) is 32.3 cm³/mol. The minimum absolute atomic E-state index is 0.916. The van der Waals surface area contributed by atoms with Crippen molar-refractivity contribution in [3.63, 3.8) is 0 Å². The molecular weight excluding hydrogens is 156 g/mol. The summed E-state index contributed by atoms with van der Waals surface area (Å²) in [6.07, 6.45) is 3.81. The molecule has 0 aromatic rings. The minimum Gasteiger partial charge on any atom is -0.313 e. The Labute approximate surface area is 50.5 Å². The van der Waals surface area contributed by atoms with E-state index in [1.54, 1.807) is 0 Å². The zero-order valence-corrected chi connectivity index (χ0v) is 5.35. The van der Waals surface area contributed by atoms with Crippen LogP contribution in [0.3, 0.4) is 0 Å². The number of aliphatic imine (C=N–C) groups is 1. The highest BCUT2D eigenvalue weighted by Crippen LogP contribution is 2.01. The first-order valence-electron chi connectivity index (χ1n) is 2.11. The number of rotatable bonds is 0. The maximum absolute atomic E-state index is 3.95. The van der Waals surface area contributed by atoms with Crippen LogP contribution in [0.15, 0.2) is 15.8 Å². The van der Waals surface area contributed by atoms with Gasteiger partial charge in [0.15, 0.2) is 4.61 Å². The van der Waals surface area contributed by atoms with Gasteiger partial charge < -0.3 is 5.32 Å². The van der Waals surface area contributed by atoms with Crippen molar-refractivity contribution in [2.75, 3.05) is 6.54 Å². The highest BCUT2D eigenvalue weighted by molar-refractivity contribution is 9.11. The van der Waals surface area contributed by atoms with E-state index in [1.807, 2.05) is 12.4 Å². The second kappa shape index (κ2) is 2.23. The first kappa shape index (κ1) is 5.00. The number of nitrogens with two attached hydrogens (primary N) is 1. The fourth-order valence-corrected chi connectivity index (χ4v) is 0.741. The van der Waals surface area contributed by atoms with Gasteiger partial charge in [0.1, 0.15) is 12.7 Å². The molecule has 0 atom stereocenters. The van der Waals surface area contributed by atoms with Crippen LogP contribution in [-0.2, 0) is 0 Å². The molecule has 0 unspecified atom stereocenters. The van der Waals surface area contributed by atoms with Gasteiger partial charge in [0.05, 0.1) is 6.21 Å². The molecule has 3 heteroatoms. The molecule has 0 radical (unpaired) electrons. The smallest absolute Gasteiger partial charge is 0.158 e. The van der Waals surface area contributed by atoms with Crippen LogP contribution >= 0.6 is 15.9 Å². The molecule has 0 amide bonds. The molecule has 0 saturated heterocycles. The molecule has 38 valence electrons. The van der Waals surface area contributed by atoms with Crippen LogP contribution < -0.4 is 5.32 Å². The summed E-state index contributed by atoms with van der Waals surface area (Å²) >= 11 is 3.22. The summed E-state index contributed by atoms with van der Waals surface area (Å²) < 4.78 is 0.916. The van der Waals surface area contributed by atoms with Gasteiger partial charge in [0.2, 0.25) is 0 Å². The van der Waals surface area contributed by atoms with E-state index in [1.165, 1.54) is 0 Å². The Balaban J connectivity index is 2.58. The molecule has 0 aliphatic carbocycles. The van der Waals surface area contributed by atoms with Crippen molar-refractivity contribution >= 4 is 22.1 Å². The van der Waals surface area contributed by atoms with E-state index >= 15 is 0 Å². The van der Waals surface area contributed by atoms with E-state index < -0.39 is 0 Å². The molecule has 2 nitrogen and oxygen atoms in total. The van der Waals surface area contributed by atoms with Crippen LogP contribution in [0.4, 0.5) is 0 Å². The van der Waals surface area contributed by atoms with E-state index in [0.29, 0.717) is 0 Å². The number of nitrogens with zero attached hydrogens (tertiary/aromatic N) is 1. The van der Waals surface area contributed by atoms with Gasteiger partial charge in [0.25, 0.3) is 0 Å². The zero-order valence-electron chi connectivity index (χ0n) is 3.76. The van der Waals surface area contributed by atoms with Crippen molar-refractivity contribution in [3.8, 4) is 0 Å². The summed E-state index contributed by atoms with van der Waals surface area (Å²) in [6, 6.07) is 0. The molecule has 0 bridgehead atoms.